The zero-order valence-corrected chi connectivity index (χ0v) is 12.6. The molecule has 0 saturated heterocycles. The maximum atomic E-state index is 12.1. The third-order valence-electron chi connectivity index (χ3n) is 3.77. The van der Waals surface area contributed by atoms with Gasteiger partial charge in [0.1, 0.15) is 0 Å². The van der Waals surface area contributed by atoms with E-state index in [2.05, 4.69) is 33.1 Å². The van der Waals surface area contributed by atoms with E-state index in [-0.39, 0.29) is 11.9 Å². The fourth-order valence-electron chi connectivity index (χ4n) is 2.58. The Balaban J connectivity index is 1.58. The van der Waals surface area contributed by atoms with Crippen LogP contribution in [0.1, 0.15) is 25.1 Å². The number of fused-ring (bicyclic) bond motifs is 1. The molecule has 3 aromatic rings. The predicted octanol–water partition coefficient (Wildman–Crippen LogP) is 3.30. The number of benzene rings is 1. The highest BCUT2D eigenvalue weighted by molar-refractivity contribution is 5.80. The van der Waals surface area contributed by atoms with Gasteiger partial charge in [0.15, 0.2) is 0 Å². The van der Waals surface area contributed by atoms with Crippen molar-refractivity contribution in [3.63, 3.8) is 0 Å². The van der Waals surface area contributed by atoms with E-state index in [1.165, 1.54) is 5.39 Å². The van der Waals surface area contributed by atoms with Crippen molar-refractivity contribution >= 4 is 16.8 Å². The molecule has 112 valence electrons. The van der Waals surface area contributed by atoms with Gasteiger partial charge in [-0.2, -0.15) is 0 Å². The highest BCUT2D eigenvalue weighted by Crippen LogP contribution is 2.15. The molecule has 0 fully saturated rings. The zero-order valence-electron chi connectivity index (χ0n) is 12.6. The van der Waals surface area contributed by atoms with Gasteiger partial charge in [-0.3, -0.25) is 9.78 Å². The molecule has 1 atom stereocenters. The van der Waals surface area contributed by atoms with Gasteiger partial charge in [0.25, 0.3) is 0 Å². The van der Waals surface area contributed by atoms with Gasteiger partial charge in [0, 0.05) is 30.9 Å². The Kier molecular flexibility index (Phi) is 4.19. The van der Waals surface area contributed by atoms with Crippen molar-refractivity contribution in [2.45, 2.75) is 25.9 Å². The van der Waals surface area contributed by atoms with E-state index in [1.807, 2.05) is 43.5 Å². The van der Waals surface area contributed by atoms with Gasteiger partial charge in [0.05, 0.1) is 11.7 Å². The molecule has 2 aromatic heterocycles. The number of para-hydroxylation sites is 1. The van der Waals surface area contributed by atoms with Crippen molar-refractivity contribution < 1.29 is 4.79 Å². The Hall–Kier alpha value is -2.62. The van der Waals surface area contributed by atoms with Gasteiger partial charge in [-0.25, -0.2) is 0 Å². The Labute approximate surface area is 129 Å². The molecular formula is C18H19N3O. The molecule has 1 aromatic carbocycles. The van der Waals surface area contributed by atoms with Crippen molar-refractivity contribution in [2.75, 3.05) is 0 Å². The molecule has 4 heteroatoms. The summed E-state index contributed by atoms with van der Waals surface area (Å²) >= 11 is 0. The summed E-state index contributed by atoms with van der Waals surface area (Å²) < 4.78 is 2.11. The largest absolute Gasteiger partial charge is 0.348 e. The third kappa shape index (κ3) is 3.17. The topological polar surface area (TPSA) is 46.9 Å². The van der Waals surface area contributed by atoms with E-state index < -0.39 is 0 Å². The molecule has 1 unspecified atom stereocenters. The van der Waals surface area contributed by atoms with Crippen LogP contribution in [0.25, 0.3) is 10.9 Å². The second-order valence-electron chi connectivity index (χ2n) is 5.36. The van der Waals surface area contributed by atoms with E-state index in [0.29, 0.717) is 13.0 Å². The molecule has 0 radical (unpaired) electrons. The molecule has 4 nitrogen and oxygen atoms in total. The van der Waals surface area contributed by atoms with Crippen LogP contribution < -0.4 is 5.32 Å². The first kappa shape index (κ1) is 14.3. The lowest BCUT2D eigenvalue weighted by Gasteiger charge is -2.13. The molecule has 1 amide bonds. The molecule has 0 spiro atoms. The zero-order chi connectivity index (χ0) is 15.4. The lowest BCUT2D eigenvalue weighted by molar-refractivity contribution is -0.121. The Morgan fingerprint density at radius 3 is 2.82 bits per heavy atom. The van der Waals surface area contributed by atoms with Crippen LogP contribution in [0.3, 0.4) is 0 Å². The molecule has 0 aliphatic rings. The van der Waals surface area contributed by atoms with Gasteiger partial charge >= 0.3 is 0 Å². The van der Waals surface area contributed by atoms with Crippen LogP contribution in [0.5, 0.6) is 0 Å². The Morgan fingerprint density at radius 1 is 1.18 bits per heavy atom. The molecule has 0 aliphatic carbocycles. The standard InChI is InChI=1S/C18H19N3O/c1-14(16-7-4-5-11-19-16)20-18(22)10-13-21-12-9-15-6-2-3-8-17(15)21/h2-9,11-12,14H,10,13H2,1H3,(H,20,22). The minimum atomic E-state index is -0.0740. The second-order valence-corrected chi connectivity index (χ2v) is 5.36. The molecule has 0 bridgehead atoms. The second kappa shape index (κ2) is 6.43. The summed E-state index contributed by atoms with van der Waals surface area (Å²) in [6.45, 7) is 2.62. The first-order chi connectivity index (χ1) is 10.7. The van der Waals surface area contributed by atoms with Crippen LogP contribution in [-0.4, -0.2) is 15.5 Å². The number of carbonyl (C=O) groups is 1. The maximum absolute atomic E-state index is 12.1. The van der Waals surface area contributed by atoms with Crippen LogP contribution in [0.4, 0.5) is 0 Å². The van der Waals surface area contributed by atoms with Gasteiger partial charge < -0.3 is 9.88 Å². The van der Waals surface area contributed by atoms with Crippen molar-refractivity contribution in [1.29, 1.82) is 0 Å². The first-order valence-electron chi connectivity index (χ1n) is 7.48. The fraction of sp³-hybridized carbons (Fsp3) is 0.222. The summed E-state index contributed by atoms with van der Waals surface area (Å²) in [5, 5.41) is 4.19. The van der Waals surface area contributed by atoms with Crippen molar-refractivity contribution in [1.82, 2.24) is 14.9 Å². The summed E-state index contributed by atoms with van der Waals surface area (Å²) in [6, 6.07) is 15.9. The van der Waals surface area contributed by atoms with Crippen molar-refractivity contribution in [3.8, 4) is 0 Å². The van der Waals surface area contributed by atoms with E-state index >= 15 is 0 Å². The number of pyridine rings is 1. The molecule has 22 heavy (non-hydrogen) atoms. The summed E-state index contributed by atoms with van der Waals surface area (Å²) in [6.07, 6.45) is 4.22. The lowest BCUT2D eigenvalue weighted by atomic mass is 10.2. The number of nitrogens with one attached hydrogen (secondary N) is 1. The number of carbonyl (C=O) groups excluding carboxylic acids is 1. The molecule has 1 N–H and O–H groups in total. The summed E-state index contributed by atoms with van der Waals surface area (Å²) in [5.41, 5.74) is 2.04. The number of aromatic nitrogens is 2. The highest BCUT2D eigenvalue weighted by atomic mass is 16.1. The number of hydrogen-bond acceptors (Lipinski definition) is 2. The maximum Gasteiger partial charge on any atom is 0.222 e. The fourth-order valence-corrected chi connectivity index (χ4v) is 2.58. The number of nitrogens with zero attached hydrogens (tertiary/aromatic N) is 2. The lowest BCUT2D eigenvalue weighted by Crippen LogP contribution is -2.27. The van der Waals surface area contributed by atoms with Gasteiger partial charge in [-0.1, -0.05) is 24.3 Å². The van der Waals surface area contributed by atoms with E-state index in [0.717, 1.165) is 11.2 Å². The number of hydrogen-bond donors (Lipinski definition) is 1. The average Bonchev–Trinajstić information content (AvgIpc) is 2.97. The SMILES string of the molecule is CC(NC(=O)CCn1ccc2ccccc21)c1ccccn1. The van der Waals surface area contributed by atoms with Crippen LogP contribution in [-0.2, 0) is 11.3 Å². The smallest absolute Gasteiger partial charge is 0.222 e. The molecule has 0 aliphatic heterocycles. The van der Waals surface area contributed by atoms with Gasteiger partial charge in [-0.05, 0) is 36.6 Å². The van der Waals surface area contributed by atoms with Gasteiger partial charge in [0.2, 0.25) is 5.91 Å². The molecular weight excluding hydrogens is 274 g/mol. The Morgan fingerprint density at radius 2 is 2.00 bits per heavy atom. The molecule has 2 heterocycles. The van der Waals surface area contributed by atoms with Crippen LogP contribution >= 0.6 is 0 Å². The Bertz CT molecular complexity index is 764. The van der Waals surface area contributed by atoms with Crippen molar-refractivity contribution in [2.24, 2.45) is 0 Å². The quantitative estimate of drug-likeness (QED) is 0.784. The normalized spacial score (nSPS) is 12.2. The summed E-state index contributed by atoms with van der Waals surface area (Å²) in [4.78, 5) is 16.4. The molecule has 3 rings (SSSR count). The van der Waals surface area contributed by atoms with Crippen LogP contribution in [0.2, 0.25) is 0 Å². The van der Waals surface area contributed by atoms with E-state index in [4.69, 9.17) is 0 Å². The minimum Gasteiger partial charge on any atom is -0.348 e. The summed E-state index contributed by atoms with van der Waals surface area (Å²) in [7, 11) is 0. The van der Waals surface area contributed by atoms with Crippen LogP contribution in [0, 0.1) is 0 Å². The van der Waals surface area contributed by atoms with E-state index in [1.54, 1.807) is 6.20 Å². The number of rotatable bonds is 5. The van der Waals surface area contributed by atoms with Crippen LogP contribution in [0.15, 0.2) is 60.9 Å². The number of amides is 1. The summed E-state index contributed by atoms with van der Waals surface area (Å²) in [5.74, 6) is 0.0379. The number of aryl methyl sites for hydroxylation is 1. The van der Waals surface area contributed by atoms with Crippen molar-refractivity contribution in [3.05, 3.63) is 66.6 Å². The average molecular weight is 293 g/mol. The highest BCUT2D eigenvalue weighted by Gasteiger charge is 2.10. The molecule has 0 saturated carbocycles. The minimum absolute atomic E-state index is 0.0379. The third-order valence-corrected chi connectivity index (χ3v) is 3.77. The van der Waals surface area contributed by atoms with E-state index in [9.17, 15) is 4.79 Å². The predicted molar refractivity (Wildman–Crippen MR) is 87.3 cm³/mol. The monoisotopic (exact) mass is 293 g/mol. The van der Waals surface area contributed by atoms with Gasteiger partial charge in [-0.15, -0.1) is 0 Å². The first-order valence-corrected chi connectivity index (χ1v) is 7.48.